The number of nitrogens with zero attached hydrogens (tertiary/aromatic N) is 3. The highest BCUT2D eigenvalue weighted by atomic mass is 19.3. The minimum absolute atomic E-state index is 0.00892. The summed E-state index contributed by atoms with van der Waals surface area (Å²) in [4.78, 5) is 23.7. The fourth-order valence-corrected chi connectivity index (χ4v) is 2.94. The smallest absolute Gasteiger partial charge is 0.291 e. The average Bonchev–Trinajstić information content (AvgIpc) is 3.35. The molecule has 4 rings (SSSR count). The number of benzene rings is 1. The van der Waals surface area contributed by atoms with Crippen molar-refractivity contribution in [3.8, 4) is 17.5 Å². The zero-order valence-electron chi connectivity index (χ0n) is 16.0. The first-order chi connectivity index (χ1) is 14.2. The van der Waals surface area contributed by atoms with Crippen LogP contribution < -0.4 is 5.32 Å². The summed E-state index contributed by atoms with van der Waals surface area (Å²) < 4.78 is 32.3. The number of aromatic nitrogens is 3. The lowest BCUT2D eigenvalue weighted by atomic mass is 10.1. The zero-order valence-corrected chi connectivity index (χ0v) is 16.0. The molecule has 3 heterocycles. The first-order valence-corrected chi connectivity index (χ1v) is 8.91. The van der Waals surface area contributed by atoms with E-state index in [9.17, 15) is 13.6 Å². The summed E-state index contributed by atoms with van der Waals surface area (Å²) in [5.41, 5.74) is 2.50. The van der Waals surface area contributed by atoms with Crippen LogP contribution in [0.5, 0.6) is 0 Å². The maximum atomic E-state index is 13.6. The minimum Gasteiger partial charge on any atom is -0.440 e. The van der Waals surface area contributed by atoms with Crippen molar-refractivity contribution < 1.29 is 18.0 Å². The van der Waals surface area contributed by atoms with Gasteiger partial charge in [0.15, 0.2) is 11.4 Å². The fourth-order valence-electron chi connectivity index (χ4n) is 2.94. The summed E-state index contributed by atoms with van der Waals surface area (Å²) in [6, 6.07) is 11.2. The third-order valence-corrected chi connectivity index (χ3v) is 4.53. The molecule has 2 N–H and O–H groups in total. The van der Waals surface area contributed by atoms with Crippen LogP contribution in [0.3, 0.4) is 0 Å². The van der Waals surface area contributed by atoms with Gasteiger partial charge >= 0.3 is 0 Å². The first kappa shape index (κ1) is 19.3. The molecule has 0 aliphatic rings. The van der Waals surface area contributed by atoms with Gasteiger partial charge in [-0.1, -0.05) is 6.07 Å². The maximum Gasteiger partial charge on any atom is 0.291 e. The molecule has 9 heteroatoms. The quantitative estimate of drug-likeness (QED) is 0.507. The standard InChI is InChI=1S/C21H15F2N5O2/c1-11-3-4-13(26-20(29)17-6-5-14(9-24)30-17)8-15(11)18-27-16-7-12(21(2,22)23)10-25-19(16)28-18/h3-8,10H,1-2H3,(H,26,29)(H,25,27,28). The molecular formula is C21H15F2N5O2. The van der Waals surface area contributed by atoms with Crippen LogP contribution in [0.25, 0.3) is 22.6 Å². The van der Waals surface area contributed by atoms with Crippen molar-refractivity contribution in [3.05, 3.63) is 65.2 Å². The molecule has 0 radical (unpaired) electrons. The molecule has 0 bridgehead atoms. The third kappa shape index (κ3) is 3.63. The van der Waals surface area contributed by atoms with Crippen molar-refractivity contribution in [2.75, 3.05) is 5.32 Å². The van der Waals surface area contributed by atoms with Crippen LogP contribution >= 0.6 is 0 Å². The second kappa shape index (κ2) is 7.08. The van der Waals surface area contributed by atoms with E-state index in [1.54, 1.807) is 18.2 Å². The number of H-pyrrole nitrogens is 1. The normalized spacial score (nSPS) is 11.4. The van der Waals surface area contributed by atoms with Gasteiger partial charge in [0.2, 0.25) is 5.76 Å². The topological polar surface area (TPSA) is 108 Å². The second-order valence-corrected chi connectivity index (χ2v) is 6.83. The van der Waals surface area contributed by atoms with Gasteiger partial charge in [-0.3, -0.25) is 4.79 Å². The predicted octanol–water partition coefficient (Wildman–Crippen LogP) is 4.76. The summed E-state index contributed by atoms with van der Waals surface area (Å²) >= 11 is 0. The number of imidazole rings is 1. The molecule has 0 aliphatic carbocycles. The Morgan fingerprint density at radius 2 is 2.07 bits per heavy atom. The Labute approximate surface area is 169 Å². The number of amides is 1. The number of rotatable bonds is 4. The summed E-state index contributed by atoms with van der Waals surface area (Å²) in [6.07, 6.45) is 1.11. The highest BCUT2D eigenvalue weighted by Crippen LogP contribution is 2.30. The number of alkyl halides is 2. The number of halogens is 2. The molecule has 4 aromatic rings. The van der Waals surface area contributed by atoms with E-state index in [-0.39, 0.29) is 17.1 Å². The molecule has 0 unspecified atom stereocenters. The van der Waals surface area contributed by atoms with Crippen molar-refractivity contribution in [1.82, 2.24) is 15.0 Å². The summed E-state index contributed by atoms with van der Waals surface area (Å²) in [6.45, 7) is 2.67. The lowest BCUT2D eigenvalue weighted by Crippen LogP contribution is -2.11. The monoisotopic (exact) mass is 407 g/mol. The van der Waals surface area contributed by atoms with E-state index in [1.807, 2.05) is 13.0 Å². The van der Waals surface area contributed by atoms with Gasteiger partial charge in [0, 0.05) is 29.9 Å². The van der Waals surface area contributed by atoms with Crippen LogP contribution in [-0.4, -0.2) is 20.9 Å². The van der Waals surface area contributed by atoms with Gasteiger partial charge in [-0.05, 0) is 42.8 Å². The van der Waals surface area contributed by atoms with Crippen molar-refractivity contribution in [3.63, 3.8) is 0 Å². The largest absolute Gasteiger partial charge is 0.440 e. The number of furan rings is 1. The molecule has 30 heavy (non-hydrogen) atoms. The Bertz CT molecular complexity index is 1310. The maximum absolute atomic E-state index is 13.6. The van der Waals surface area contributed by atoms with E-state index in [0.29, 0.717) is 28.2 Å². The van der Waals surface area contributed by atoms with Gasteiger partial charge in [-0.25, -0.2) is 18.7 Å². The number of pyridine rings is 1. The molecule has 0 saturated heterocycles. The molecule has 0 fully saturated rings. The van der Waals surface area contributed by atoms with Gasteiger partial charge in [-0.2, -0.15) is 5.26 Å². The molecule has 0 saturated carbocycles. The van der Waals surface area contributed by atoms with E-state index in [0.717, 1.165) is 18.7 Å². The van der Waals surface area contributed by atoms with Crippen molar-refractivity contribution in [2.24, 2.45) is 0 Å². The van der Waals surface area contributed by atoms with E-state index >= 15 is 0 Å². The third-order valence-electron chi connectivity index (χ3n) is 4.53. The molecule has 0 aliphatic heterocycles. The highest BCUT2D eigenvalue weighted by molar-refractivity contribution is 6.02. The minimum atomic E-state index is -3.01. The molecule has 0 atom stereocenters. The number of hydrogen-bond acceptors (Lipinski definition) is 5. The number of aryl methyl sites for hydroxylation is 1. The van der Waals surface area contributed by atoms with E-state index in [1.165, 1.54) is 18.2 Å². The number of nitriles is 1. The van der Waals surface area contributed by atoms with E-state index in [4.69, 9.17) is 9.68 Å². The van der Waals surface area contributed by atoms with E-state index < -0.39 is 11.8 Å². The summed E-state index contributed by atoms with van der Waals surface area (Å²) in [5, 5.41) is 11.5. The Balaban J connectivity index is 1.66. The van der Waals surface area contributed by atoms with Gasteiger partial charge in [-0.15, -0.1) is 0 Å². The van der Waals surface area contributed by atoms with E-state index in [2.05, 4.69) is 20.3 Å². The van der Waals surface area contributed by atoms with Gasteiger partial charge in [0.05, 0.1) is 5.52 Å². The molecule has 1 aromatic carbocycles. The van der Waals surface area contributed by atoms with Gasteiger partial charge < -0.3 is 14.7 Å². The van der Waals surface area contributed by atoms with Crippen LogP contribution in [0.4, 0.5) is 14.5 Å². The number of anilines is 1. The lowest BCUT2D eigenvalue weighted by molar-refractivity contribution is 0.0172. The molecule has 150 valence electrons. The Morgan fingerprint density at radius 1 is 1.27 bits per heavy atom. The molecular weight excluding hydrogens is 392 g/mol. The number of carbonyl (C=O) groups is 1. The number of carbonyl (C=O) groups excluding carboxylic acids is 1. The summed E-state index contributed by atoms with van der Waals surface area (Å²) in [5.74, 6) is -3.03. The first-order valence-electron chi connectivity index (χ1n) is 8.91. The fraction of sp³-hybridized carbons (Fsp3) is 0.143. The van der Waals surface area contributed by atoms with Crippen LogP contribution in [0.2, 0.25) is 0 Å². The van der Waals surface area contributed by atoms with Crippen LogP contribution in [0.1, 0.15) is 34.4 Å². The summed E-state index contributed by atoms with van der Waals surface area (Å²) in [7, 11) is 0. The SMILES string of the molecule is Cc1ccc(NC(=O)c2ccc(C#N)o2)cc1-c1nc2ncc(C(C)(F)F)cc2[nH]1. The number of aromatic amines is 1. The Morgan fingerprint density at radius 3 is 2.77 bits per heavy atom. The molecule has 7 nitrogen and oxygen atoms in total. The Kier molecular flexibility index (Phi) is 4.54. The van der Waals surface area contributed by atoms with Crippen molar-refractivity contribution in [2.45, 2.75) is 19.8 Å². The van der Waals surface area contributed by atoms with Crippen molar-refractivity contribution in [1.29, 1.82) is 5.26 Å². The van der Waals surface area contributed by atoms with Crippen LogP contribution in [0.15, 0.2) is 47.0 Å². The number of hydrogen-bond donors (Lipinski definition) is 2. The lowest BCUT2D eigenvalue weighted by Gasteiger charge is -2.08. The van der Waals surface area contributed by atoms with Gasteiger partial charge in [0.25, 0.3) is 11.8 Å². The van der Waals surface area contributed by atoms with Gasteiger partial charge in [0.1, 0.15) is 11.9 Å². The van der Waals surface area contributed by atoms with Crippen LogP contribution in [-0.2, 0) is 5.92 Å². The molecule has 3 aromatic heterocycles. The molecule has 0 spiro atoms. The predicted molar refractivity (Wildman–Crippen MR) is 105 cm³/mol. The second-order valence-electron chi connectivity index (χ2n) is 6.83. The average molecular weight is 407 g/mol. The zero-order chi connectivity index (χ0) is 21.5. The van der Waals surface area contributed by atoms with Crippen molar-refractivity contribution >= 4 is 22.8 Å². The van der Waals surface area contributed by atoms with Crippen LogP contribution in [0, 0.1) is 18.3 Å². The Hall–Kier alpha value is -4.06. The number of fused-ring (bicyclic) bond motifs is 1. The number of nitrogens with one attached hydrogen (secondary N) is 2. The highest BCUT2D eigenvalue weighted by Gasteiger charge is 2.25. The molecule has 1 amide bonds.